The molecular weight excluding hydrogens is 445 g/mol. The van der Waals surface area contributed by atoms with Crippen molar-refractivity contribution in [2.45, 2.75) is 31.7 Å². The first kappa shape index (κ1) is 22.7. The fourth-order valence-electron chi connectivity index (χ4n) is 3.44. The first-order valence-electron chi connectivity index (χ1n) is 9.87. The number of aromatic amines is 1. The van der Waals surface area contributed by atoms with Gasteiger partial charge >= 0.3 is 6.18 Å². The quantitative estimate of drug-likeness (QED) is 0.518. The highest BCUT2D eigenvalue weighted by Crippen LogP contribution is 2.30. The van der Waals surface area contributed by atoms with E-state index in [-0.39, 0.29) is 12.6 Å². The highest BCUT2D eigenvalue weighted by atomic mass is 32.2. The van der Waals surface area contributed by atoms with Gasteiger partial charge in [0.2, 0.25) is 5.76 Å². The van der Waals surface area contributed by atoms with Gasteiger partial charge in [0, 0.05) is 18.2 Å². The minimum absolute atomic E-state index is 0.137. The normalized spacial score (nSPS) is 17.2. The fraction of sp³-hybridized carbons (Fsp3) is 0.318. The first-order valence-corrected chi connectivity index (χ1v) is 11.0. The number of benzene rings is 2. The van der Waals surface area contributed by atoms with Crippen molar-refractivity contribution in [1.82, 2.24) is 4.90 Å². The zero-order valence-electron chi connectivity index (χ0n) is 16.9. The molecule has 1 aliphatic heterocycles. The minimum atomic E-state index is -4.38. The number of aliphatic hydroxyl groups is 2. The second-order valence-electron chi connectivity index (χ2n) is 7.47. The Hall–Kier alpha value is -2.53. The molecule has 2 aromatic carbocycles. The van der Waals surface area contributed by atoms with Crippen LogP contribution in [0.15, 0.2) is 59.1 Å². The summed E-state index contributed by atoms with van der Waals surface area (Å²) < 4.78 is 49.3. The van der Waals surface area contributed by atoms with Crippen molar-refractivity contribution in [1.29, 1.82) is 0 Å². The van der Waals surface area contributed by atoms with Crippen LogP contribution in [-0.2, 0) is 19.3 Å². The van der Waals surface area contributed by atoms with Gasteiger partial charge in [0.1, 0.15) is 5.75 Å². The molecule has 6 nitrogen and oxygen atoms in total. The maximum Gasteiger partial charge on any atom is 0.416 e. The number of hydrogen-bond donors (Lipinski definition) is 2. The summed E-state index contributed by atoms with van der Waals surface area (Å²) in [6.07, 6.45) is -5.75. The summed E-state index contributed by atoms with van der Waals surface area (Å²) in [4.78, 5) is 2.01. The molecule has 1 aromatic heterocycles. The number of thioether (sulfide) groups is 1. The van der Waals surface area contributed by atoms with Gasteiger partial charge in [0.15, 0.2) is 12.9 Å². The van der Waals surface area contributed by atoms with Crippen molar-refractivity contribution in [3.05, 3.63) is 71.5 Å². The Labute approximate surface area is 186 Å². The molecule has 0 unspecified atom stereocenters. The van der Waals surface area contributed by atoms with E-state index in [1.807, 2.05) is 29.2 Å². The van der Waals surface area contributed by atoms with Gasteiger partial charge in [-0.05, 0) is 47.1 Å². The molecular formula is C22H22F3N2O4S+. The molecule has 1 fully saturated rings. The van der Waals surface area contributed by atoms with E-state index in [0.29, 0.717) is 35.1 Å². The molecule has 32 heavy (non-hydrogen) atoms. The lowest BCUT2D eigenvalue weighted by Crippen LogP contribution is -2.40. The van der Waals surface area contributed by atoms with E-state index in [2.05, 4.69) is 5.16 Å². The third-order valence-corrected chi connectivity index (χ3v) is 6.24. The Balaban J connectivity index is 1.36. The zero-order chi connectivity index (χ0) is 22.7. The summed E-state index contributed by atoms with van der Waals surface area (Å²) in [6, 6.07) is 13.7. The Morgan fingerprint density at radius 2 is 1.94 bits per heavy atom. The summed E-state index contributed by atoms with van der Waals surface area (Å²) in [5.74, 6) is 2.51. The summed E-state index contributed by atoms with van der Waals surface area (Å²) in [5.41, 5.74) is 1.39. The number of nitrogens with zero attached hydrogens (tertiary/aromatic N) is 1. The third kappa shape index (κ3) is 5.44. The number of aliphatic hydroxyl groups excluding tert-OH is 1. The van der Waals surface area contributed by atoms with Crippen molar-refractivity contribution in [3.63, 3.8) is 0 Å². The molecule has 0 aliphatic carbocycles. The lowest BCUT2D eigenvalue weighted by molar-refractivity contribution is -0.601. The van der Waals surface area contributed by atoms with Gasteiger partial charge in [-0.15, -0.1) is 11.8 Å². The van der Waals surface area contributed by atoms with E-state index in [9.17, 15) is 23.4 Å². The van der Waals surface area contributed by atoms with Gasteiger partial charge in [-0.2, -0.15) is 13.2 Å². The second-order valence-corrected chi connectivity index (χ2v) is 8.47. The molecule has 1 atom stereocenters. The molecule has 3 aromatic rings. The van der Waals surface area contributed by atoms with Crippen LogP contribution in [0.3, 0.4) is 0 Å². The average molecular weight is 467 g/mol. The molecule has 0 bridgehead atoms. The van der Waals surface area contributed by atoms with Crippen LogP contribution in [0.1, 0.15) is 16.9 Å². The van der Waals surface area contributed by atoms with Gasteiger partial charge in [-0.25, -0.2) is 4.52 Å². The van der Waals surface area contributed by atoms with E-state index in [1.54, 1.807) is 17.8 Å². The van der Waals surface area contributed by atoms with E-state index in [0.717, 1.165) is 23.6 Å². The number of nitrogens with one attached hydrogen (secondary N) is 1. The van der Waals surface area contributed by atoms with Crippen molar-refractivity contribution in [2.75, 3.05) is 11.6 Å². The van der Waals surface area contributed by atoms with Crippen molar-refractivity contribution < 1.29 is 37.8 Å². The smallest absolute Gasteiger partial charge is 0.416 e. The van der Waals surface area contributed by atoms with Crippen molar-refractivity contribution in [3.8, 4) is 17.0 Å². The van der Waals surface area contributed by atoms with Crippen LogP contribution in [0, 0.1) is 0 Å². The SMILES string of the molecule is OC(O)[C@@H]1CSCN1Cc1cccc(OCc2cc(-c3ccc(C(F)(F)F)cc3)[nH+]o2)c1. The first-order chi connectivity index (χ1) is 15.3. The molecule has 0 radical (unpaired) electrons. The van der Waals surface area contributed by atoms with Crippen LogP contribution < -0.4 is 9.89 Å². The van der Waals surface area contributed by atoms with Crippen LogP contribution in [0.2, 0.25) is 0 Å². The molecule has 2 heterocycles. The van der Waals surface area contributed by atoms with Crippen LogP contribution in [0.5, 0.6) is 5.75 Å². The number of rotatable bonds is 7. The maximum absolute atomic E-state index is 12.7. The summed E-state index contributed by atoms with van der Waals surface area (Å²) >= 11 is 1.66. The van der Waals surface area contributed by atoms with E-state index >= 15 is 0 Å². The maximum atomic E-state index is 12.7. The number of halogens is 3. The molecule has 0 amide bonds. The standard InChI is InChI=1S/C22H21F3N2O4S/c23-22(24,25)16-6-4-15(5-7-16)19-9-18(31-26-19)11-30-17-3-1-2-14(8-17)10-27-13-32-12-20(27)21(28)29/h1-9,20-21,28-29H,10-13H2/p+1/t20-/m0/s1. The van der Waals surface area contributed by atoms with E-state index < -0.39 is 18.0 Å². The Kier molecular flexibility index (Phi) is 6.75. The topological polar surface area (TPSA) is 80.2 Å². The molecule has 10 heteroatoms. The van der Waals surface area contributed by atoms with E-state index in [1.165, 1.54) is 12.1 Å². The van der Waals surface area contributed by atoms with Crippen LogP contribution in [0.4, 0.5) is 13.2 Å². The number of H-pyrrole nitrogens is 1. The number of aromatic nitrogens is 1. The average Bonchev–Trinajstić information content (AvgIpc) is 3.42. The van der Waals surface area contributed by atoms with Crippen molar-refractivity contribution >= 4 is 11.8 Å². The number of hydrogen-bond acceptors (Lipinski definition) is 6. The lowest BCUT2D eigenvalue weighted by Gasteiger charge is -2.24. The van der Waals surface area contributed by atoms with Crippen LogP contribution in [-0.4, -0.2) is 39.1 Å². The van der Waals surface area contributed by atoms with Crippen molar-refractivity contribution in [2.24, 2.45) is 0 Å². The lowest BCUT2D eigenvalue weighted by atomic mass is 10.1. The fourth-order valence-corrected chi connectivity index (χ4v) is 4.69. The molecule has 4 rings (SSSR count). The highest BCUT2D eigenvalue weighted by Gasteiger charge is 2.31. The van der Waals surface area contributed by atoms with Crippen LogP contribution in [0.25, 0.3) is 11.3 Å². The molecule has 3 N–H and O–H groups in total. The van der Waals surface area contributed by atoms with Gasteiger partial charge in [-0.1, -0.05) is 12.1 Å². The predicted molar refractivity (Wildman–Crippen MR) is 111 cm³/mol. The summed E-state index contributed by atoms with van der Waals surface area (Å²) in [7, 11) is 0. The highest BCUT2D eigenvalue weighted by molar-refractivity contribution is 7.99. The van der Waals surface area contributed by atoms with E-state index in [4.69, 9.17) is 9.26 Å². The van der Waals surface area contributed by atoms with Gasteiger partial charge in [0.05, 0.1) is 23.2 Å². The Morgan fingerprint density at radius 3 is 2.66 bits per heavy atom. The number of ether oxygens (including phenoxy) is 1. The monoisotopic (exact) mass is 467 g/mol. The van der Waals surface area contributed by atoms with Gasteiger partial charge in [0.25, 0.3) is 5.69 Å². The minimum Gasteiger partial charge on any atom is -0.485 e. The molecule has 0 spiro atoms. The zero-order valence-corrected chi connectivity index (χ0v) is 17.7. The van der Waals surface area contributed by atoms with Crippen LogP contribution >= 0.6 is 11.8 Å². The van der Waals surface area contributed by atoms with Gasteiger partial charge < -0.3 is 14.9 Å². The molecule has 170 valence electrons. The Morgan fingerprint density at radius 1 is 1.16 bits per heavy atom. The molecule has 0 saturated carbocycles. The molecule has 1 saturated heterocycles. The third-order valence-electron chi connectivity index (χ3n) is 5.14. The Bertz CT molecular complexity index is 1040. The summed E-state index contributed by atoms with van der Waals surface area (Å²) in [5, 5.41) is 21.7. The molecule has 1 aliphatic rings. The summed E-state index contributed by atoms with van der Waals surface area (Å²) in [6.45, 7) is 0.706. The predicted octanol–water partition coefficient (Wildman–Crippen LogP) is 3.54. The van der Waals surface area contributed by atoms with Gasteiger partial charge in [-0.3, -0.25) is 4.90 Å². The largest absolute Gasteiger partial charge is 0.485 e. The second kappa shape index (κ2) is 9.53. The number of alkyl halides is 3.